The predicted molar refractivity (Wildman–Crippen MR) is 153 cm³/mol. The summed E-state index contributed by atoms with van der Waals surface area (Å²) in [6, 6.07) is 4.97. The van der Waals surface area contributed by atoms with E-state index in [1.165, 1.54) is 23.7 Å². The molecular formula is C25H28Cl2N8O5S. The molecule has 1 unspecified atom stereocenters. The Kier molecular flexibility index (Phi) is 12.0. The molecule has 2 N–H and O–H groups in total. The van der Waals surface area contributed by atoms with Gasteiger partial charge in [0.2, 0.25) is 0 Å². The third-order valence-corrected chi connectivity index (χ3v) is 7.17. The standard InChI is InChI=1S/C25H28Cl2N8O5S/c1-5-40-24(37)21-17(11-39-12-18-32-34-35(33-18)10-9-29-25(41-4)30-13-28)31-14(2)19(23(36)38-3)20(21)15-7-6-8-16(26)22(15)27/h6-8,20,31H,5,9-12H2,1-4H3,(H,29,30). The van der Waals surface area contributed by atoms with E-state index in [1.807, 2.05) is 6.19 Å². The number of halogens is 2. The second-order valence-electron chi connectivity index (χ2n) is 8.27. The summed E-state index contributed by atoms with van der Waals surface area (Å²) < 4.78 is 16.2. The minimum absolute atomic E-state index is 0.0220. The fraction of sp³-hybridized carbons (Fsp3) is 0.400. The van der Waals surface area contributed by atoms with E-state index in [4.69, 9.17) is 42.7 Å². The largest absolute Gasteiger partial charge is 0.466 e. The average molecular weight is 624 g/mol. The zero-order valence-electron chi connectivity index (χ0n) is 22.7. The molecular weight excluding hydrogens is 595 g/mol. The second-order valence-corrected chi connectivity index (χ2v) is 9.85. The van der Waals surface area contributed by atoms with Crippen LogP contribution in [0.2, 0.25) is 10.0 Å². The van der Waals surface area contributed by atoms with Crippen molar-refractivity contribution in [3.63, 3.8) is 0 Å². The Morgan fingerprint density at radius 2 is 2.05 bits per heavy atom. The van der Waals surface area contributed by atoms with Crippen LogP contribution in [0.5, 0.6) is 0 Å². The van der Waals surface area contributed by atoms with E-state index in [-0.39, 0.29) is 41.0 Å². The Hall–Kier alpha value is -3.64. The van der Waals surface area contributed by atoms with Crippen LogP contribution in [0.3, 0.4) is 0 Å². The smallest absolute Gasteiger partial charge is 0.336 e. The molecule has 2 heterocycles. The zero-order valence-corrected chi connectivity index (χ0v) is 25.1. The van der Waals surface area contributed by atoms with Crippen molar-refractivity contribution in [2.24, 2.45) is 4.99 Å². The van der Waals surface area contributed by atoms with Gasteiger partial charge in [-0.1, -0.05) is 47.1 Å². The number of allylic oxidation sites excluding steroid dienone is 1. The van der Waals surface area contributed by atoms with Crippen molar-refractivity contribution in [1.82, 2.24) is 30.8 Å². The number of nitrogens with one attached hydrogen (secondary N) is 2. The van der Waals surface area contributed by atoms with Crippen molar-refractivity contribution >= 4 is 52.1 Å². The SMILES string of the molecule is CCOC(=O)C1=C(COCc2nnn(CCN=C(NC#N)SC)n2)NC(C)=C(C(=O)OC)C1c1cccc(Cl)c1Cl. The van der Waals surface area contributed by atoms with Crippen molar-refractivity contribution in [3.8, 4) is 6.19 Å². The summed E-state index contributed by atoms with van der Waals surface area (Å²) in [7, 11) is 1.25. The van der Waals surface area contributed by atoms with Gasteiger partial charge in [0.1, 0.15) is 6.61 Å². The van der Waals surface area contributed by atoms with Crippen molar-refractivity contribution in [2.75, 3.05) is 33.1 Å². The van der Waals surface area contributed by atoms with Crippen molar-refractivity contribution in [1.29, 1.82) is 5.26 Å². The first-order valence-electron chi connectivity index (χ1n) is 12.2. The average Bonchev–Trinajstić information content (AvgIpc) is 3.40. The number of hydrogen-bond acceptors (Lipinski definition) is 12. The number of carbonyl (C=O) groups is 2. The number of nitrogens with zero attached hydrogens (tertiary/aromatic N) is 6. The Bertz CT molecular complexity index is 1420. The highest BCUT2D eigenvalue weighted by molar-refractivity contribution is 8.13. The van der Waals surface area contributed by atoms with Crippen molar-refractivity contribution in [3.05, 3.63) is 62.2 Å². The Balaban J connectivity index is 1.86. The van der Waals surface area contributed by atoms with Crippen LogP contribution in [0.25, 0.3) is 0 Å². The van der Waals surface area contributed by atoms with Gasteiger partial charge in [-0.15, -0.1) is 10.2 Å². The number of hydrogen-bond donors (Lipinski definition) is 2. The molecule has 0 aliphatic carbocycles. The predicted octanol–water partition coefficient (Wildman–Crippen LogP) is 2.94. The summed E-state index contributed by atoms with van der Waals surface area (Å²) in [6.07, 6.45) is 3.63. The quantitative estimate of drug-likeness (QED) is 0.124. The molecule has 3 rings (SSSR count). The molecule has 0 fully saturated rings. The molecule has 1 aromatic heterocycles. The molecule has 1 aliphatic heterocycles. The number of esters is 2. The number of nitriles is 1. The first-order valence-corrected chi connectivity index (χ1v) is 14.2. The molecule has 0 spiro atoms. The Labute approximate surface area is 250 Å². The molecule has 13 nitrogen and oxygen atoms in total. The molecule has 218 valence electrons. The van der Waals surface area contributed by atoms with Crippen LogP contribution < -0.4 is 10.6 Å². The molecule has 16 heteroatoms. The lowest BCUT2D eigenvalue weighted by molar-refractivity contribution is -0.139. The molecule has 0 saturated heterocycles. The van der Waals surface area contributed by atoms with Gasteiger partial charge in [-0.25, -0.2) is 9.59 Å². The minimum atomic E-state index is -0.936. The van der Waals surface area contributed by atoms with Crippen LogP contribution in [-0.2, 0) is 37.0 Å². The molecule has 1 aromatic carbocycles. The number of amidine groups is 1. The van der Waals surface area contributed by atoms with Crippen molar-refractivity contribution in [2.45, 2.75) is 32.9 Å². The summed E-state index contributed by atoms with van der Waals surface area (Å²) in [5.41, 5.74) is 1.57. The summed E-state index contributed by atoms with van der Waals surface area (Å²) in [5, 5.41) is 27.5. The van der Waals surface area contributed by atoms with E-state index in [2.05, 4.69) is 31.0 Å². The number of aromatic nitrogens is 4. The number of tetrazole rings is 1. The fourth-order valence-electron chi connectivity index (χ4n) is 4.01. The van der Waals surface area contributed by atoms with E-state index in [0.29, 0.717) is 41.0 Å². The first kappa shape index (κ1) is 31.9. The van der Waals surface area contributed by atoms with Gasteiger partial charge >= 0.3 is 11.9 Å². The number of thioether (sulfide) groups is 1. The summed E-state index contributed by atoms with van der Waals surface area (Å²) in [4.78, 5) is 31.8. The van der Waals surface area contributed by atoms with Gasteiger partial charge in [-0.3, -0.25) is 10.3 Å². The normalized spacial score (nSPS) is 15.3. The van der Waals surface area contributed by atoms with Gasteiger partial charge in [0.25, 0.3) is 0 Å². The fourth-order valence-corrected chi connectivity index (χ4v) is 4.80. The number of ether oxygens (including phenoxy) is 3. The lowest BCUT2D eigenvalue weighted by atomic mass is 9.80. The van der Waals surface area contributed by atoms with Crippen LogP contribution >= 0.6 is 35.0 Å². The highest BCUT2D eigenvalue weighted by Gasteiger charge is 2.40. The minimum Gasteiger partial charge on any atom is -0.466 e. The van der Waals surface area contributed by atoms with Gasteiger partial charge < -0.3 is 19.5 Å². The van der Waals surface area contributed by atoms with Gasteiger partial charge in [0, 0.05) is 5.70 Å². The number of benzene rings is 1. The number of carbonyl (C=O) groups excluding carboxylic acids is 2. The van der Waals surface area contributed by atoms with Gasteiger partial charge in [0.15, 0.2) is 17.2 Å². The van der Waals surface area contributed by atoms with E-state index in [0.717, 1.165) is 0 Å². The number of rotatable bonds is 11. The third-order valence-electron chi connectivity index (χ3n) is 5.72. The first-order chi connectivity index (χ1) is 19.7. The number of dihydropyridines is 1. The molecule has 2 aromatic rings. The van der Waals surface area contributed by atoms with Gasteiger partial charge in [0.05, 0.1) is 66.2 Å². The van der Waals surface area contributed by atoms with Crippen LogP contribution in [0.15, 0.2) is 45.7 Å². The lowest BCUT2D eigenvalue weighted by Crippen LogP contribution is -2.34. The number of methoxy groups -OCH3 is 1. The molecule has 0 amide bonds. The Morgan fingerprint density at radius 3 is 2.73 bits per heavy atom. The molecule has 0 radical (unpaired) electrons. The maximum Gasteiger partial charge on any atom is 0.336 e. The maximum atomic E-state index is 13.3. The summed E-state index contributed by atoms with van der Waals surface area (Å²) in [6.45, 7) is 4.04. The molecule has 1 atom stereocenters. The van der Waals surface area contributed by atoms with Crippen LogP contribution in [-0.4, -0.2) is 70.4 Å². The lowest BCUT2D eigenvalue weighted by Gasteiger charge is -2.31. The van der Waals surface area contributed by atoms with Crippen LogP contribution in [0, 0.1) is 11.5 Å². The van der Waals surface area contributed by atoms with Crippen molar-refractivity contribution < 1.29 is 23.8 Å². The topological polar surface area (TPSA) is 166 Å². The monoisotopic (exact) mass is 622 g/mol. The summed E-state index contributed by atoms with van der Waals surface area (Å²) >= 11 is 14.2. The highest BCUT2D eigenvalue weighted by Crippen LogP contribution is 2.43. The van der Waals surface area contributed by atoms with Gasteiger partial charge in [-0.2, -0.15) is 10.1 Å². The summed E-state index contributed by atoms with van der Waals surface area (Å²) in [5.74, 6) is -1.93. The molecule has 0 saturated carbocycles. The highest BCUT2D eigenvalue weighted by atomic mass is 35.5. The molecule has 1 aliphatic rings. The maximum absolute atomic E-state index is 13.3. The second kappa shape index (κ2) is 15.4. The van der Waals surface area contributed by atoms with E-state index in [1.54, 1.807) is 38.3 Å². The number of aliphatic imine (C=N–C) groups is 1. The van der Waals surface area contributed by atoms with E-state index in [9.17, 15) is 9.59 Å². The molecule has 0 bridgehead atoms. The van der Waals surface area contributed by atoms with Crippen LogP contribution in [0.4, 0.5) is 0 Å². The van der Waals surface area contributed by atoms with E-state index < -0.39 is 17.9 Å². The third kappa shape index (κ3) is 7.98. The van der Waals surface area contributed by atoms with Crippen LogP contribution in [0.1, 0.15) is 31.2 Å². The van der Waals surface area contributed by atoms with Gasteiger partial charge in [-0.05, 0) is 36.9 Å². The molecule has 41 heavy (non-hydrogen) atoms. The van der Waals surface area contributed by atoms with E-state index >= 15 is 0 Å². The Morgan fingerprint density at radius 1 is 1.27 bits per heavy atom. The zero-order chi connectivity index (χ0) is 29.9.